The molecular weight excluding hydrogens is 259 g/mol. The summed E-state index contributed by atoms with van der Waals surface area (Å²) in [7, 11) is 0. The van der Waals surface area contributed by atoms with Gasteiger partial charge in [0, 0.05) is 5.69 Å². The lowest BCUT2D eigenvalue weighted by Gasteiger charge is -2.08. The molecule has 0 atom stereocenters. The number of hydrogen-bond donors (Lipinski definition) is 1. The molecule has 0 spiro atoms. The highest BCUT2D eigenvalue weighted by Gasteiger charge is 2.29. The Bertz CT molecular complexity index is 544. The second kappa shape index (κ2) is 5.17. The molecule has 0 saturated heterocycles. The van der Waals surface area contributed by atoms with E-state index in [0.717, 1.165) is 12.1 Å². The summed E-state index contributed by atoms with van der Waals surface area (Å²) in [5.41, 5.74) is -0.443. The van der Waals surface area contributed by atoms with Gasteiger partial charge in [-0.15, -0.1) is 0 Å². The van der Waals surface area contributed by atoms with Crippen LogP contribution in [0.25, 0.3) is 0 Å². The van der Waals surface area contributed by atoms with Gasteiger partial charge in [-0.05, 0) is 36.4 Å². The number of nitrogens with one attached hydrogen (secondary N) is 1. The zero-order valence-corrected chi connectivity index (χ0v) is 9.70. The van der Waals surface area contributed by atoms with E-state index in [-0.39, 0.29) is 12.3 Å². The second-order valence-corrected chi connectivity index (χ2v) is 3.88. The van der Waals surface area contributed by atoms with Crippen molar-refractivity contribution in [3.05, 3.63) is 54.0 Å². The number of anilines is 1. The third-order valence-corrected chi connectivity index (χ3v) is 2.41. The highest BCUT2D eigenvalue weighted by atomic mass is 19.4. The number of halogens is 3. The van der Waals surface area contributed by atoms with Crippen molar-refractivity contribution >= 4 is 11.6 Å². The zero-order valence-electron chi connectivity index (χ0n) is 9.70. The molecular formula is C13H10F3NO2. The molecule has 1 heterocycles. The average molecular weight is 269 g/mol. The van der Waals surface area contributed by atoms with Crippen LogP contribution in [-0.2, 0) is 17.4 Å². The van der Waals surface area contributed by atoms with Gasteiger partial charge in [-0.25, -0.2) is 0 Å². The summed E-state index contributed by atoms with van der Waals surface area (Å²) in [4.78, 5) is 11.6. The van der Waals surface area contributed by atoms with Crippen LogP contribution in [0.15, 0.2) is 47.1 Å². The Labute approximate surface area is 107 Å². The van der Waals surface area contributed by atoms with E-state index in [4.69, 9.17) is 4.42 Å². The monoisotopic (exact) mass is 269 g/mol. The first-order valence-corrected chi connectivity index (χ1v) is 5.44. The molecule has 0 saturated carbocycles. The van der Waals surface area contributed by atoms with E-state index in [1.807, 2.05) is 0 Å². The van der Waals surface area contributed by atoms with Gasteiger partial charge < -0.3 is 9.73 Å². The summed E-state index contributed by atoms with van der Waals surface area (Å²) >= 11 is 0. The molecule has 1 aromatic carbocycles. The maximum atomic E-state index is 12.3. The minimum Gasteiger partial charge on any atom is -0.469 e. The third kappa shape index (κ3) is 3.61. The van der Waals surface area contributed by atoms with Crippen LogP contribution in [0.5, 0.6) is 0 Å². The Morgan fingerprint density at radius 3 is 2.37 bits per heavy atom. The summed E-state index contributed by atoms with van der Waals surface area (Å²) in [6.45, 7) is 0. The molecule has 0 unspecified atom stereocenters. The summed E-state index contributed by atoms with van der Waals surface area (Å²) in [6.07, 6.45) is -2.90. The fourth-order valence-corrected chi connectivity index (χ4v) is 1.52. The van der Waals surface area contributed by atoms with Crippen molar-refractivity contribution in [1.29, 1.82) is 0 Å². The molecule has 0 aliphatic carbocycles. The molecule has 2 rings (SSSR count). The molecule has 0 radical (unpaired) electrons. The minimum absolute atomic E-state index is 0.0357. The first-order chi connectivity index (χ1) is 8.95. The Kier molecular flexibility index (Phi) is 3.59. The first kappa shape index (κ1) is 13.2. The maximum absolute atomic E-state index is 12.3. The van der Waals surface area contributed by atoms with Gasteiger partial charge in [0.25, 0.3) is 0 Å². The van der Waals surface area contributed by atoms with Gasteiger partial charge in [-0.1, -0.05) is 0 Å². The van der Waals surface area contributed by atoms with Gasteiger partial charge in [-0.3, -0.25) is 4.79 Å². The van der Waals surface area contributed by atoms with Gasteiger partial charge in [0.2, 0.25) is 5.91 Å². The predicted octanol–water partition coefficient (Wildman–Crippen LogP) is 3.48. The fourth-order valence-electron chi connectivity index (χ4n) is 1.52. The minimum atomic E-state index is -4.38. The van der Waals surface area contributed by atoms with Crippen LogP contribution in [0, 0.1) is 0 Å². The summed E-state index contributed by atoms with van der Waals surface area (Å²) in [5, 5.41) is 2.49. The Hall–Kier alpha value is -2.24. The SMILES string of the molecule is O=C(Cc1ccco1)Nc1ccc(C(F)(F)F)cc1. The molecule has 3 nitrogen and oxygen atoms in total. The van der Waals surface area contributed by atoms with Crippen LogP contribution in [0.1, 0.15) is 11.3 Å². The number of rotatable bonds is 3. The second-order valence-electron chi connectivity index (χ2n) is 3.88. The lowest BCUT2D eigenvalue weighted by atomic mass is 10.2. The molecule has 19 heavy (non-hydrogen) atoms. The smallest absolute Gasteiger partial charge is 0.416 e. The topological polar surface area (TPSA) is 42.2 Å². The van der Waals surface area contributed by atoms with Crippen molar-refractivity contribution in [2.45, 2.75) is 12.6 Å². The first-order valence-electron chi connectivity index (χ1n) is 5.44. The Morgan fingerprint density at radius 2 is 1.84 bits per heavy atom. The molecule has 0 fully saturated rings. The lowest BCUT2D eigenvalue weighted by molar-refractivity contribution is -0.137. The van der Waals surface area contributed by atoms with Gasteiger partial charge >= 0.3 is 6.18 Å². The molecule has 0 bridgehead atoms. The molecule has 1 N–H and O–H groups in total. The van der Waals surface area contributed by atoms with E-state index < -0.39 is 11.7 Å². The van der Waals surface area contributed by atoms with Crippen molar-refractivity contribution < 1.29 is 22.4 Å². The predicted molar refractivity (Wildman–Crippen MR) is 62.5 cm³/mol. The number of benzene rings is 1. The summed E-state index contributed by atoms with van der Waals surface area (Å²) in [5.74, 6) is 0.138. The molecule has 1 aromatic heterocycles. The van der Waals surface area contributed by atoms with Crippen LogP contribution in [0.2, 0.25) is 0 Å². The fraction of sp³-hybridized carbons (Fsp3) is 0.154. The van der Waals surface area contributed by atoms with Gasteiger partial charge in [0.05, 0.1) is 18.2 Å². The zero-order chi connectivity index (χ0) is 13.9. The van der Waals surface area contributed by atoms with Crippen LogP contribution in [0.4, 0.5) is 18.9 Å². The quantitative estimate of drug-likeness (QED) is 0.926. The van der Waals surface area contributed by atoms with Crippen molar-refractivity contribution in [2.75, 3.05) is 5.32 Å². The van der Waals surface area contributed by atoms with Crippen molar-refractivity contribution in [3.8, 4) is 0 Å². The molecule has 6 heteroatoms. The van der Waals surface area contributed by atoms with Crippen LogP contribution < -0.4 is 5.32 Å². The Balaban J connectivity index is 1.98. The lowest BCUT2D eigenvalue weighted by Crippen LogP contribution is -2.14. The van der Waals surface area contributed by atoms with Gasteiger partial charge in [0.1, 0.15) is 5.76 Å². The van der Waals surface area contributed by atoms with Crippen LogP contribution in [0.3, 0.4) is 0 Å². The van der Waals surface area contributed by atoms with Crippen LogP contribution in [-0.4, -0.2) is 5.91 Å². The van der Waals surface area contributed by atoms with Crippen molar-refractivity contribution in [3.63, 3.8) is 0 Å². The number of carbonyl (C=O) groups is 1. The average Bonchev–Trinajstić information content (AvgIpc) is 2.81. The van der Waals surface area contributed by atoms with Crippen molar-refractivity contribution in [1.82, 2.24) is 0 Å². The molecule has 0 aliphatic rings. The van der Waals surface area contributed by atoms with E-state index in [9.17, 15) is 18.0 Å². The third-order valence-electron chi connectivity index (χ3n) is 2.41. The molecule has 100 valence electrons. The standard InChI is InChI=1S/C13H10F3NO2/c14-13(15,16)9-3-5-10(6-4-9)17-12(18)8-11-2-1-7-19-11/h1-7H,8H2,(H,17,18). The summed E-state index contributed by atoms with van der Waals surface area (Å²) in [6, 6.07) is 7.56. The highest BCUT2D eigenvalue weighted by Crippen LogP contribution is 2.29. The van der Waals surface area contributed by atoms with Crippen molar-refractivity contribution in [2.24, 2.45) is 0 Å². The number of carbonyl (C=O) groups excluding carboxylic acids is 1. The molecule has 0 aliphatic heterocycles. The number of furan rings is 1. The van der Waals surface area contributed by atoms with E-state index in [1.54, 1.807) is 12.1 Å². The largest absolute Gasteiger partial charge is 0.469 e. The number of hydrogen-bond acceptors (Lipinski definition) is 2. The van der Waals surface area contributed by atoms with E-state index in [0.29, 0.717) is 11.4 Å². The number of alkyl halides is 3. The molecule has 2 aromatic rings. The normalized spacial score (nSPS) is 11.3. The number of amides is 1. The Morgan fingerprint density at radius 1 is 1.16 bits per heavy atom. The highest BCUT2D eigenvalue weighted by molar-refractivity contribution is 5.91. The van der Waals surface area contributed by atoms with E-state index >= 15 is 0 Å². The van der Waals surface area contributed by atoms with Gasteiger partial charge in [-0.2, -0.15) is 13.2 Å². The van der Waals surface area contributed by atoms with E-state index in [2.05, 4.69) is 5.32 Å². The van der Waals surface area contributed by atoms with E-state index in [1.165, 1.54) is 18.4 Å². The molecule has 1 amide bonds. The van der Waals surface area contributed by atoms with Gasteiger partial charge in [0.15, 0.2) is 0 Å². The maximum Gasteiger partial charge on any atom is 0.416 e. The summed E-state index contributed by atoms with van der Waals surface area (Å²) < 4.78 is 42.0. The van der Waals surface area contributed by atoms with Crippen LogP contribution >= 0.6 is 0 Å².